The van der Waals surface area contributed by atoms with Crippen LogP contribution in [0, 0.1) is 5.92 Å². The van der Waals surface area contributed by atoms with E-state index in [9.17, 15) is 14.4 Å². The van der Waals surface area contributed by atoms with Gasteiger partial charge in [-0.2, -0.15) is 0 Å². The number of hydrogen-bond donors (Lipinski definition) is 1. The fourth-order valence-electron chi connectivity index (χ4n) is 4.44. The Morgan fingerprint density at radius 1 is 0.974 bits per heavy atom. The molecule has 1 N–H and O–H groups in total. The molecular formula is C30H25ClN2O6. The molecule has 39 heavy (non-hydrogen) atoms. The van der Waals surface area contributed by atoms with Gasteiger partial charge in [0.2, 0.25) is 5.91 Å². The van der Waals surface area contributed by atoms with Crippen LogP contribution in [0.4, 0.5) is 11.4 Å². The maximum atomic E-state index is 12.7. The van der Waals surface area contributed by atoms with E-state index in [2.05, 4.69) is 5.32 Å². The van der Waals surface area contributed by atoms with Crippen molar-refractivity contribution in [2.24, 2.45) is 5.92 Å². The third-order valence-electron chi connectivity index (χ3n) is 6.37. The fraction of sp³-hybridized carbons (Fsp3) is 0.167. The molecule has 1 aliphatic rings. The van der Waals surface area contributed by atoms with Crippen molar-refractivity contribution in [3.8, 4) is 17.2 Å². The van der Waals surface area contributed by atoms with Crippen LogP contribution in [-0.2, 0) is 19.1 Å². The van der Waals surface area contributed by atoms with Crippen LogP contribution in [0.25, 0.3) is 10.8 Å². The Kier molecular flexibility index (Phi) is 7.65. The van der Waals surface area contributed by atoms with E-state index in [4.69, 9.17) is 25.8 Å². The number of methoxy groups -OCH3 is 1. The lowest BCUT2D eigenvalue weighted by Gasteiger charge is -2.17. The van der Waals surface area contributed by atoms with Gasteiger partial charge >= 0.3 is 5.97 Å². The molecule has 8 nitrogen and oxygen atoms in total. The number of nitrogens with one attached hydrogen (secondary N) is 1. The molecule has 0 saturated carbocycles. The summed E-state index contributed by atoms with van der Waals surface area (Å²) in [7, 11) is 1.47. The van der Waals surface area contributed by atoms with Crippen LogP contribution >= 0.6 is 11.6 Å². The smallest absolute Gasteiger partial charge is 0.311 e. The number of carbonyl (C=O) groups is 3. The largest absolute Gasteiger partial charge is 0.495 e. The Morgan fingerprint density at radius 3 is 2.54 bits per heavy atom. The molecule has 5 rings (SSSR count). The summed E-state index contributed by atoms with van der Waals surface area (Å²) in [5.74, 6) is -0.268. The number of rotatable bonds is 8. The Bertz CT molecular complexity index is 1530. The molecule has 9 heteroatoms. The van der Waals surface area contributed by atoms with Gasteiger partial charge in [0, 0.05) is 29.1 Å². The van der Waals surface area contributed by atoms with Gasteiger partial charge in [-0.25, -0.2) is 0 Å². The van der Waals surface area contributed by atoms with E-state index in [0.717, 1.165) is 16.5 Å². The zero-order chi connectivity index (χ0) is 27.4. The van der Waals surface area contributed by atoms with Crippen LogP contribution in [0.1, 0.15) is 6.42 Å². The molecule has 4 aromatic rings. The van der Waals surface area contributed by atoms with E-state index >= 15 is 0 Å². The third-order valence-corrected chi connectivity index (χ3v) is 6.60. The highest BCUT2D eigenvalue weighted by Crippen LogP contribution is 2.32. The lowest BCUT2D eigenvalue weighted by Crippen LogP contribution is -2.28. The molecule has 1 saturated heterocycles. The van der Waals surface area contributed by atoms with Crippen LogP contribution in [0.2, 0.25) is 5.02 Å². The first-order valence-corrected chi connectivity index (χ1v) is 12.6. The summed E-state index contributed by atoms with van der Waals surface area (Å²) in [5.41, 5.74) is 1.01. The first kappa shape index (κ1) is 26.1. The lowest BCUT2D eigenvalue weighted by molar-refractivity contribution is -0.151. The quantitative estimate of drug-likeness (QED) is 0.281. The zero-order valence-corrected chi connectivity index (χ0v) is 21.8. The zero-order valence-electron chi connectivity index (χ0n) is 21.1. The number of ether oxygens (including phenoxy) is 3. The van der Waals surface area contributed by atoms with Gasteiger partial charge in [0.05, 0.1) is 18.7 Å². The summed E-state index contributed by atoms with van der Waals surface area (Å²) in [6, 6.07) is 25.7. The predicted molar refractivity (Wildman–Crippen MR) is 149 cm³/mol. The van der Waals surface area contributed by atoms with E-state index in [-0.39, 0.29) is 18.9 Å². The molecule has 0 spiro atoms. The predicted octanol–water partition coefficient (Wildman–Crippen LogP) is 5.83. The molecule has 0 aromatic heterocycles. The first-order valence-electron chi connectivity index (χ1n) is 12.3. The Morgan fingerprint density at radius 2 is 1.74 bits per heavy atom. The molecule has 1 fully saturated rings. The number of fused-ring (bicyclic) bond motifs is 1. The minimum atomic E-state index is -0.683. The molecule has 4 aromatic carbocycles. The van der Waals surface area contributed by atoms with E-state index in [1.807, 2.05) is 42.5 Å². The molecule has 2 amide bonds. The average Bonchev–Trinajstić information content (AvgIpc) is 3.34. The van der Waals surface area contributed by atoms with Gasteiger partial charge in [-0.3, -0.25) is 14.4 Å². The summed E-state index contributed by atoms with van der Waals surface area (Å²) in [4.78, 5) is 39.1. The second-order valence-corrected chi connectivity index (χ2v) is 9.42. The van der Waals surface area contributed by atoms with Crippen molar-refractivity contribution in [3.05, 3.63) is 90.0 Å². The highest BCUT2D eigenvalue weighted by atomic mass is 35.5. The second kappa shape index (κ2) is 11.4. The van der Waals surface area contributed by atoms with Crippen molar-refractivity contribution in [1.82, 2.24) is 0 Å². The Balaban J connectivity index is 1.17. The highest BCUT2D eigenvalue weighted by Gasteiger charge is 2.36. The Hall–Kier alpha value is -4.56. The van der Waals surface area contributed by atoms with E-state index in [1.54, 1.807) is 36.4 Å². The number of hydrogen-bond acceptors (Lipinski definition) is 6. The van der Waals surface area contributed by atoms with Crippen LogP contribution in [0.5, 0.6) is 17.2 Å². The SMILES string of the molecule is COc1ccc(Cl)cc1NC(=O)COC(=O)[C@@H]1CC(=O)N(c2ccc(Oc3cccc4ccccc34)cc2)C1. The maximum Gasteiger partial charge on any atom is 0.311 e. The Labute approximate surface area is 230 Å². The van der Waals surface area contributed by atoms with Gasteiger partial charge in [-0.1, -0.05) is 48.0 Å². The monoisotopic (exact) mass is 544 g/mol. The van der Waals surface area contributed by atoms with E-state index in [1.165, 1.54) is 18.1 Å². The van der Waals surface area contributed by atoms with E-state index < -0.39 is 24.4 Å². The molecule has 1 heterocycles. The van der Waals surface area contributed by atoms with Crippen molar-refractivity contribution in [2.75, 3.05) is 30.5 Å². The van der Waals surface area contributed by atoms with Crippen molar-refractivity contribution in [3.63, 3.8) is 0 Å². The molecule has 1 atom stereocenters. The summed E-state index contributed by atoms with van der Waals surface area (Å²) in [6.07, 6.45) is -0.00315. The van der Waals surface area contributed by atoms with Crippen molar-refractivity contribution in [1.29, 1.82) is 0 Å². The summed E-state index contributed by atoms with van der Waals surface area (Å²) >= 11 is 5.98. The normalized spacial score (nSPS) is 14.8. The van der Waals surface area contributed by atoms with Gasteiger partial charge in [-0.05, 0) is 53.9 Å². The van der Waals surface area contributed by atoms with E-state index in [0.29, 0.717) is 27.9 Å². The topological polar surface area (TPSA) is 94.2 Å². The third kappa shape index (κ3) is 5.97. The van der Waals surface area contributed by atoms with Gasteiger partial charge < -0.3 is 24.4 Å². The number of carbonyl (C=O) groups excluding carboxylic acids is 3. The number of benzene rings is 4. The number of anilines is 2. The van der Waals surface area contributed by atoms with Crippen LogP contribution in [0.3, 0.4) is 0 Å². The molecule has 0 aliphatic carbocycles. The minimum Gasteiger partial charge on any atom is -0.495 e. The highest BCUT2D eigenvalue weighted by molar-refractivity contribution is 6.31. The number of halogens is 1. The van der Waals surface area contributed by atoms with Crippen LogP contribution in [0.15, 0.2) is 84.9 Å². The number of esters is 1. The fourth-order valence-corrected chi connectivity index (χ4v) is 4.61. The number of amides is 2. The molecule has 0 unspecified atom stereocenters. The van der Waals surface area contributed by atoms with Gasteiger partial charge in [0.25, 0.3) is 5.91 Å². The van der Waals surface area contributed by atoms with Gasteiger partial charge in [0.1, 0.15) is 17.2 Å². The van der Waals surface area contributed by atoms with Crippen LogP contribution in [-0.4, -0.2) is 38.0 Å². The van der Waals surface area contributed by atoms with Crippen molar-refractivity contribution >= 4 is 51.5 Å². The molecule has 0 radical (unpaired) electrons. The standard InChI is InChI=1S/C30H25ClN2O6/c1-37-27-14-9-21(31)16-25(27)32-28(34)18-38-30(36)20-15-29(35)33(17-20)22-10-12-23(13-11-22)39-26-8-4-6-19-5-2-3-7-24(19)26/h2-14,16,20H,15,17-18H2,1H3,(H,32,34)/t20-/m1/s1. The van der Waals surface area contributed by atoms with Gasteiger partial charge in [0.15, 0.2) is 6.61 Å². The first-order chi connectivity index (χ1) is 18.9. The van der Waals surface area contributed by atoms with Crippen molar-refractivity contribution in [2.45, 2.75) is 6.42 Å². The minimum absolute atomic E-state index is 0.00315. The van der Waals surface area contributed by atoms with Gasteiger partial charge in [-0.15, -0.1) is 0 Å². The van der Waals surface area contributed by atoms with Crippen molar-refractivity contribution < 1.29 is 28.6 Å². The lowest BCUT2D eigenvalue weighted by atomic mass is 10.1. The molecule has 198 valence electrons. The van der Waals surface area contributed by atoms with Crippen LogP contribution < -0.4 is 19.7 Å². The summed E-state index contributed by atoms with van der Waals surface area (Å²) < 4.78 is 16.5. The molecule has 0 bridgehead atoms. The summed E-state index contributed by atoms with van der Waals surface area (Å²) in [5, 5.41) is 5.10. The summed E-state index contributed by atoms with van der Waals surface area (Å²) in [6.45, 7) is -0.343. The average molecular weight is 545 g/mol. The second-order valence-electron chi connectivity index (χ2n) is 8.98. The number of nitrogens with zero attached hydrogens (tertiary/aromatic N) is 1. The molecule has 1 aliphatic heterocycles. The maximum absolute atomic E-state index is 12.7. The molecular weight excluding hydrogens is 520 g/mol.